The molecule has 0 bridgehead atoms. The molecule has 0 aliphatic carbocycles. The lowest BCUT2D eigenvalue weighted by Gasteiger charge is -2.23. The molecule has 6 heteroatoms. The van der Waals surface area contributed by atoms with Crippen molar-refractivity contribution in [1.82, 2.24) is 19.4 Å². The number of hydrogen-bond donors (Lipinski definition) is 0. The number of carbonyl (C=O) groups is 1. The molecule has 1 amide bonds. The van der Waals surface area contributed by atoms with Gasteiger partial charge in [-0.1, -0.05) is 32.0 Å². The van der Waals surface area contributed by atoms with Crippen molar-refractivity contribution in [3.63, 3.8) is 0 Å². The number of para-hydroxylation sites is 1. The van der Waals surface area contributed by atoms with Gasteiger partial charge in [-0.15, -0.1) is 0 Å². The average molecular weight is 404 g/mol. The smallest absolute Gasteiger partial charge is 0.227 e. The Hall–Kier alpha value is -2.89. The Morgan fingerprint density at radius 1 is 1.10 bits per heavy atom. The fraction of sp³-hybridized carbons (Fsp3) is 0.458. The third-order valence-electron chi connectivity index (χ3n) is 6.75. The predicted octanol–water partition coefficient (Wildman–Crippen LogP) is 3.23. The fourth-order valence-corrected chi connectivity index (χ4v) is 5.08. The van der Waals surface area contributed by atoms with Crippen molar-refractivity contribution in [3.05, 3.63) is 54.1 Å². The highest BCUT2D eigenvalue weighted by atomic mass is 16.2. The molecule has 6 nitrogen and oxygen atoms in total. The molecule has 5 rings (SSSR count). The first-order valence-corrected chi connectivity index (χ1v) is 10.9. The molecule has 3 aromatic rings. The number of carbonyl (C=O) groups excluding carboxylic acids is 1. The van der Waals surface area contributed by atoms with Crippen LogP contribution in [0.5, 0.6) is 0 Å². The van der Waals surface area contributed by atoms with E-state index in [-0.39, 0.29) is 5.91 Å². The van der Waals surface area contributed by atoms with Gasteiger partial charge in [0.2, 0.25) is 5.91 Å². The molecule has 1 aromatic carbocycles. The van der Waals surface area contributed by atoms with Gasteiger partial charge < -0.3 is 14.4 Å². The second kappa shape index (κ2) is 7.42. The summed E-state index contributed by atoms with van der Waals surface area (Å²) in [6.45, 7) is 7.96. The molecule has 2 atom stereocenters. The van der Waals surface area contributed by atoms with Crippen LogP contribution in [0.1, 0.15) is 31.0 Å². The summed E-state index contributed by atoms with van der Waals surface area (Å²) in [4.78, 5) is 26.4. The van der Waals surface area contributed by atoms with Crippen molar-refractivity contribution < 1.29 is 4.79 Å². The zero-order valence-corrected chi connectivity index (χ0v) is 18.0. The minimum atomic E-state index is 0.247. The van der Waals surface area contributed by atoms with Crippen molar-refractivity contribution in [2.75, 3.05) is 31.1 Å². The summed E-state index contributed by atoms with van der Waals surface area (Å²) in [6.07, 6.45) is 4.26. The Morgan fingerprint density at radius 2 is 1.83 bits per heavy atom. The van der Waals surface area contributed by atoms with E-state index < -0.39 is 0 Å². The molecular formula is C24H29N5O. The number of rotatable bonds is 4. The molecule has 2 aromatic heterocycles. The highest BCUT2D eigenvalue weighted by molar-refractivity contribution is 5.89. The van der Waals surface area contributed by atoms with Crippen LogP contribution in [0.3, 0.4) is 0 Å². The van der Waals surface area contributed by atoms with Gasteiger partial charge in [-0.3, -0.25) is 4.79 Å². The maximum Gasteiger partial charge on any atom is 0.227 e. The molecular weight excluding hydrogens is 374 g/mol. The molecule has 0 spiro atoms. The van der Waals surface area contributed by atoms with E-state index in [4.69, 9.17) is 0 Å². The molecule has 0 saturated carbocycles. The summed E-state index contributed by atoms with van der Waals surface area (Å²) in [5.74, 6) is 2.72. The van der Waals surface area contributed by atoms with E-state index in [1.165, 1.54) is 10.9 Å². The topological polar surface area (TPSA) is 54.3 Å². The van der Waals surface area contributed by atoms with Crippen molar-refractivity contribution >= 4 is 22.6 Å². The molecule has 2 aliphatic heterocycles. The van der Waals surface area contributed by atoms with Crippen LogP contribution in [-0.2, 0) is 18.3 Å². The normalized spacial score (nSPS) is 21.1. The molecule has 2 saturated heterocycles. The highest BCUT2D eigenvalue weighted by Gasteiger charge is 2.42. The standard InChI is InChI=1S/C24H29N5O/c1-16(2)21-9-23(26-15-25-21)28-11-18-13-29(14-19(18)12-28)24(30)8-17-10-27(3)22-7-5-4-6-20(17)22/h4-7,9-10,15-16,18-19H,8,11-14H2,1-3H3. The van der Waals surface area contributed by atoms with Crippen LogP contribution in [0.4, 0.5) is 5.82 Å². The first kappa shape index (κ1) is 19.1. The maximum absolute atomic E-state index is 13.1. The van der Waals surface area contributed by atoms with Crippen molar-refractivity contribution in [1.29, 1.82) is 0 Å². The van der Waals surface area contributed by atoms with Crippen LogP contribution in [-0.4, -0.2) is 51.5 Å². The number of aromatic nitrogens is 3. The fourth-order valence-electron chi connectivity index (χ4n) is 5.08. The average Bonchev–Trinajstić information content (AvgIpc) is 3.41. The minimum absolute atomic E-state index is 0.247. The number of likely N-dealkylation sites (tertiary alicyclic amines) is 1. The first-order chi connectivity index (χ1) is 14.5. The van der Waals surface area contributed by atoms with Gasteiger partial charge in [-0.25, -0.2) is 9.97 Å². The Balaban J connectivity index is 1.24. The summed E-state index contributed by atoms with van der Waals surface area (Å²) in [6, 6.07) is 10.4. The van der Waals surface area contributed by atoms with E-state index in [1.807, 2.05) is 19.2 Å². The molecule has 156 valence electrons. The van der Waals surface area contributed by atoms with Crippen LogP contribution in [0, 0.1) is 11.8 Å². The largest absolute Gasteiger partial charge is 0.356 e. The number of benzene rings is 1. The van der Waals surface area contributed by atoms with Crippen molar-refractivity contribution in [2.24, 2.45) is 18.9 Å². The highest BCUT2D eigenvalue weighted by Crippen LogP contribution is 2.34. The van der Waals surface area contributed by atoms with Crippen LogP contribution in [0.25, 0.3) is 10.9 Å². The van der Waals surface area contributed by atoms with Gasteiger partial charge in [0.05, 0.1) is 6.42 Å². The molecule has 0 radical (unpaired) electrons. The zero-order chi connectivity index (χ0) is 20.8. The number of anilines is 1. The van der Waals surface area contributed by atoms with Crippen molar-refractivity contribution in [3.8, 4) is 0 Å². The SMILES string of the molecule is CC(C)c1cc(N2CC3CN(C(=O)Cc4cn(C)c5ccccc45)CC3C2)ncn1. The van der Waals surface area contributed by atoms with E-state index in [1.54, 1.807) is 6.33 Å². The maximum atomic E-state index is 13.1. The molecule has 2 fully saturated rings. The van der Waals surface area contributed by atoms with Gasteiger partial charge in [0.25, 0.3) is 0 Å². The van der Waals surface area contributed by atoms with E-state index in [0.717, 1.165) is 43.3 Å². The number of hydrogen-bond acceptors (Lipinski definition) is 4. The van der Waals surface area contributed by atoms with E-state index in [0.29, 0.717) is 24.2 Å². The lowest BCUT2D eigenvalue weighted by atomic mass is 10.0. The lowest BCUT2D eigenvalue weighted by molar-refractivity contribution is -0.129. The summed E-state index contributed by atoms with van der Waals surface area (Å²) in [5, 5.41) is 1.18. The molecule has 2 unspecified atom stereocenters. The number of aryl methyl sites for hydroxylation is 1. The van der Waals surface area contributed by atoms with Crippen molar-refractivity contribution in [2.45, 2.75) is 26.2 Å². The summed E-state index contributed by atoms with van der Waals surface area (Å²) in [7, 11) is 2.04. The molecule has 30 heavy (non-hydrogen) atoms. The third-order valence-corrected chi connectivity index (χ3v) is 6.75. The summed E-state index contributed by atoms with van der Waals surface area (Å²) in [5.41, 5.74) is 3.39. The van der Waals surface area contributed by atoms with Gasteiger partial charge in [0.1, 0.15) is 12.1 Å². The van der Waals surface area contributed by atoms with E-state index in [9.17, 15) is 4.79 Å². The first-order valence-electron chi connectivity index (χ1n) is 10.9. The Morgan fingerprint density at radius 3 is 2.57 bits per heavy atom. The third kappa shape index (κ3) is 3.34. The van der Waals surface area contributed by atoms with Gasteiger partial charge in [0.15, 0.2) is 0 Å². The summed E-state index contributed by atoms with van der Waals surface area (Å²) >= 11 is 0. The quantitative estimate of drug-likeness (QED) is 0.671. The molecule has 2 aliphatic rings. The molecule has 4 heterocycles. The Labute approximate surface area is 177 Å². The Bertz CT molecular complexity index is 1070. The lowest BCUT2D eigenvalue weighted by Crippen LogP contribution is -2.34. The van der Waals surface area contributed by atoms with E-state index in [2.05, 4.69) is 62.6 Å². The van der Waals surface area contributed by atoms with E-state index >= 15 is 0 Å². The second-order valence-corrected chi connectivity index (χ2v) is 9.14. The number of amides is 1. The number of fused-ring (bicyclic) bond motifs is 2. The summed E-state index contributed by atoms with van der Waals surface area (Å²) < 4.78 is 2.11. The predicted molar refractivity (Wildman–Crippen MR) is 119 cm³/mol. The Kier molecular flexibility index (Phi) is 4.72. The van der Waals surface area contributed by atoms with Crippen LogP contribution in [0.2, 0.25) is 0 Å². The van der Waals surface area contributed by atoms with Gasteiger partial charge >= 0.3 is 0 Å². The van der Waals surface area contributed by atoms with Gasteiger partial charge in [-0.2, -0.15) is 0 Å². The monoisotopic (exact) mass is 403 g/mol. The zero-order valence-electron chi connectivity index (χ0n) is 18.0. The molecule has 0 N–H and O–H groups in total. The van der Waals surface area contributed by atoms with Gasteiger partial charge in [-0.05, 0) is 17.5 Å². The number of nitrogens with zero attached hydrogens (tertiary/aromatic N) is 5. The minimum Gasteiger partial charge on any atom is -0.356 e. The van der Waals surface area contributed by atoms with Crippen LogP contribution < -0.4 is 4.90 Å². The van der Waals surface area contributed by atoms with Crippen LogP contribution in [0.15, 0.2) is 42.9 Å². The van der Waals surface area contributed by atoms with Gasteiger partial charge in [0, 0.05) is 73.9 Å². The second-order valence-electron chi connectivity index (χ2n) is 9.14. The van der Waals surface area contributed by atoms with Crippen LogP contribution >= 0.6 is 0 Å².